The standard InChI is InChI=1S/C25H20N6/c1-3-6-19(17-10-13-26-14-11-17)23-16(2)28-25(29-23)24-20-15-18(8-9-22(20)30-31-24)21-7-4-5-12-27-21/h3-15H,1H2,2H3,(H,28,29)(H,30,31)/b19-6-. The van der Waals surface area contributed by atoms with Crippen LogP contribution in [0.5, 0.6) is 0 Å². The van der Waals surface area contributed by atoms with Crippen molar-refractivity contribution in [2.75, 3.05) is 0 Å². The lowest BCUT2D eigenvalue weighted by Gasteiger charge is -2.05. The van der Waals surface area contributed by atoms with E-state index >= 15 is 0 Å². The second-order valence-corrected chi connectivity index (χ2v) is 7.16. The first-order chi connectivity index (χ1) is 15.2. The van der Waals surface area contributed by atoms with E-state index in [0.29, 0.717) is 5.82 Å². The molecular weight excluding hydrogens is 384 g/mol. The molecule has 4 aromatic heterocycles. The monoisotopic (exact) mass is 404 g/mol. The molecule has 0 aliphatic rings. The molecule has 0 atom stereocenters. The zero-order valence-corrected chi connectivity index (χ0v) is 17.0. The number of pyridine rings is 2. The molecule has 5 rings (SSSR count). The van der Waals surface area contributed by atoms with Crippen molar-refractivity contribution < 1.29 is 0 Å². The lowest BCUT2D eigenvalue weighted by molar-refractivity contribution is 1.10. The van der Waals surface area contributed by atoms with Crippen molar-refractivity contribution in [2.24, 2.45) is 0 Å². The maximum Gasteiger partial charge on any atom is 0.159 e. The van der Waals surface area contributed by atoms with Crippen LogP contribution in [0.25, 0.3) is 39.3 Å². The van der Waals surface area contributed by atoms with E-state index in [9.17, 15) is 0 Å². The van der Waals surface area contributed by atoms with Gasteiger partial charge >= 0.3 is 0 Å². The van der Waals surface area contributed by atoms with Crippen molar-refractivity contribution in [3.63, 3.8) is 0 Å². The van der Waals surface area contributed by atoms with E-state index in [-0.39, 0.29) is 0 Å². The third-order valence-electron chi connectivity index (χ3n) is 5.16. The topological polar surface area (TPSA) is 83.1 Å². The average molecular weight is 404 g/mol. The van der Waals surface area contributed by atoms with Crippen LogP contribution in [-0.4, -0.2) is 30.1 Å². The number of aromatic amines is 2. The largest absolute Gasteiger partial charge is 0.340 e. The molecule has 6 nitrogen and oxygen atoms in total. The van der Waals surface area contributed by atoms with Gasteiger partial charge in [-0.3, -0.25) is 15.1 Å². The molecule has 5 aromatic rings. The van der Waals surface area contributed by atoms with E-state index in [2.05, 4.69) is 37.8 Å². The van der Waals surface area contributed by atoms with Crippen LogP contribution in [0.15, 0.2) is 85.9 Å². The Labute approximate surface area is 179 Å². The van der Waals surface area contributed by atoms with Crippen molar-refractivity contribution in [1.29, 1.82) is 0 Å². The number of nitrogens with one attached hydrogen (secondary N) is 2. The minimum Gasteiger partial charge on any atom is -0.340 e. The molecule has 0 saturated carbocycles. The number of hydrogen-bond acceptors (Lipinski definition) is 4. The van der Waals surface area contributed by atoms with Gasteiger partial charge in [-0.2, -0.15) is 5.10 Å². The molecule has 0 spiro atoms. The highest BCUT2D eigenvalue weighted by Crippen LogP contribution is 2.31. The van der Waals surface area contributed by atoms with Crippen LogP contribution in [-0.2, 0) is 0 Å². The molecule has 0 amide bonds. The predicted molar refractivity (Wildman–Crippen MR) is 123 cm³/mol. The number of imidazole rings is 1. The molecule has 0 fully saturated rings. The maximum absolute atomic E-state index is 4.91. The Morgan fingerprint density at radius 1 is 1.03 bits per heavy atom. The first kappa shape index (κ1) is 18.7. The van der Waals surface area contributed by atoms with Crippen LogP contribution in [0.2, 0.25) is 0 Å². The van der Waals surface area contributed by atoms with E-state index in [4.69, 9.17) is 4.98 Å². The van der Waals surface area contributed by atoms with E-state index < -0.39 is 0 Å². The van der Waals surface area contributed by atoms with Crippen molar-refractivity contribution >= 4 is 16.5 Å². The number of nitrogens with zero attached hydrogens (tertiary/aromatic N) is 4. The molecule has 31 heavy (non-hydrogen) atoms. The number of H-pyrrole nitrogens is 2. The molecule has 0 saturated heterocycles. The lowest BCUT2D eigenvalue weighted by atomic mass is 10.0. The summed E-state index contributed by atoms with van der Waals surface area (Å²) < 4.78 is 0. The number of benzene rings is 1. The molecule has 0 radical (unpaired) electrons. The Morgan fingerprint density at radius 3 is 2.68 bits per heavy atom. The summed E-state index contributed by atoms with van der Waals surface area (Å²) in [7, 11) is 0. The summed E-state index contributed by atoms with van der Waals surface area (Å²) in [5.41, 5.74) is 7.49. The van der Waals surface area contributed by atoms with Crippen LogP contribution in [0.4, 0.5) is 0 Å². The smallest absolute Gasteiger partial charge is 0.159 e. The molecule has 0 aliphatic carbocycles. The Bertz CT molecular complexity index is 1390. The van der Waals surface area contributed by atoms with Gasteiger partial charge in [0.05, 0.1) is 16.9 Å². The normalized spacial score (nSPS) is 11.7. The highest BCUT2D eigenvalue weighted by Gasteiger charge is 2.18. The third kappa shape index (κ3) is 3.44. The summed E-state index contributed by atoms with van der Waals surface area (Å²) in [5.74, 6) is 0.709. The zero-order chi connectivity index (χ0) is 21.2. The predicted octanol–water partition coefficient (Wildman–Crippen LogP) is 5.34. The molecule has 150 valence electrons. The van der Waals surface area contributed by atoms with Gasteiger partial charge in [-0.1, -0.05) is 30.9 Å². The maximum atomic E-state index is 4.91. The molecule has 0 bridgehead atoms. The van der Waals surface area contributed by atoms with Gasteiger partial charge in [0.1, 0.15) is 5.69 Å². The SMILES string of the molecule is C=C/C=C(/c1ccncc1)c1nc(-c2n[nH]c3ccc(-c4ccccn4)cc23)[nH]c1C. The van der Waals surface area contributed by atoms with Crippen LogP contribution >= 0.6 is 0 Å². The molecule has 2 N–H and O–H groups in total. The van der Waals surface area contributed by atoms with Gasteiger partial charge < -0.3 is 4.98 Å². The van der Waals surface area contributed by atoms with Crippen molar-refractivity contribution in [2.45, 2.75) is 6.92 Å². The molecule has 0 aliphatic heterocycles. The molecule has 0 unspecified atom stereocenters. The average Bonchev–Trinajstić information content (AvgIpc) is 3.41. The zero-order valence-electron chi connectivity index (χ0n) is 17.0. The summed E-state index contributed by atoms with van der Waals surface area (Å²) in [6, 6.07) is 16.0. The Hall–Kier alpha value is -4.32. The summed E-state index contributed by atoms with van der Waals surface area (Å²) in [5, 5.41) is 8.64. The fourth-order valence-corrected chi connectivity index (χ4v) is 3.68. The van der Waals surface area contributed by atoms with Crippen molar-refractivity contribution in [3.8, 4) is 22.8 Å². The van der Waals surface area contributed by atoms with E-state index in [0.717, 1.165) is 50.4 Å². The van der Waals surface area contributed by atoms with Gasteiger partial charge in [-0.25, -0.2) is 4.98 Å². The van der Waals surface area contributed by atoms with Crippen LogP contribution < -0.4 is 0 Å². The highest BCUT2D eigenvalue weighted by atomic mass is 15.1. The van der Waals surface area contributed by atoms with Crippen molar-refractivity contribution in [3.05, 3.63) is 103 Å². The second kappa shape index (κ2) is 7.84. The first-order valence-corrected chi connectivity index (χ1v) is 9.94. The van der Waals surface area contributed by atoms with Gasteiger partial charge in [0.25, 0.3) is 0 Å². The number of rotatable bonds is 5. The summed E-state index contributed by atoms with van der Waals surface area (Å²) >= 11 is 0. The van der Waals surface area contributed by atoms with Crippen LogP contribution in [0, 0.1) is 6.92 Å². The Morgan fingerprint density at radius 2 is 1.90 bits per heavy atom. The number of allylic oxidation sites excluding steroid dienone is 2. The Balaban J connectivity index is 1.62. The first-order valence-electron chi connectivity index (χ1n) is 9.94. The number of aryl methyl sites for hydroxylation is 1. The number of hydrogen-bond donors (Lipinski definition) is 2. The molecule has 1 aromatic carbocycles. The minimum atomic E-state index is 0.709. The summed E-state index contributed by atoms with van der Waals surface area (Å²) in [6.45, 7) is 5.88. The molecule has 4 heterocycles. The molecular formula is C25H20N6. The fourth-order valence-electron chi connectivity index (χ4n) is 3.68. The van der Waals surface area contributed by atoms with E-state index in [1.165, 1.54) is 0 Å². The van der Waals surface area contributed by atoms with Crippen molar-refractivity contribution in [1.82, 2.24) is 30.1 Å². The third-order valence-corrected chi connectivity index (χ3v) is 5.16. The Kier molecular flexibility index (Phi) is 4.72. The molecule has 6 heteroatoms. The summed E-state index contributed by atoms with van der Waals surface area (Å²) in [6.07, 6.45) is 9.08. The highest BCUT2D eigenvalue weighted by molar-refractivity contribution is 5.94. The quantitative estimate of drug-likeness (QED) is 0.388. The minimum absolute atomic E-state index is 0.709. The second-order valence-electron chi connectivity index (χ2n) is 7.16. The van der Waals surface area contributed by atoms with E-state index in [1.54, 1.807) is 24.7 Å². The number of fused-ring (bicyclic) bond motifs is 1. The van der Waals surface area contributed by atoms with Crippen LogP contribution in [0.3, 0.4) is 0 Å². The lowest BCUT2D eigenvalue weighted by Crippen LogP contribution is -1.91. The fraction of sp³-hybridized carbons (Fsp3) is 0.0400. The summed E-state index contributed by atoms with van der Waals surface area (Å²) in [4.78, 5) is 16.9. The van der Waals surface area contributed by atoms with E-state index in [1.807, 2.05) is 55.5 Å². The van der Waals surface area contributed by atoms with Gasteiger partial charge in [-0.15, -0.1) is 0 Å². The van der Waals surface area contributed by atoms with Gasteiger partial charge in [0.2, 0.25) is 0 Å². The van der Waals surface area contributed by atoms with Crippen LogP contribution in [0.1, 0.15) is 17.0 Å². The van der Waals surface area contributed by atoms with Gasteiger partial charge in [0, 0.05) is 40.8 Å². The number of aromatic nitrogens is 6. The van der Waals surface area contributed by atoms with Gasteiger partial charge in [0.15, 0.2) is 5.82 Å². The van der Waals surface area contributed by atoms with Gasteiger partial charge in [-0.05, 0) is 48.9 Å².